The van der Waals surface area contributed by atoms with Crippen LogP contribution in [0, 0.1) is 0 Å². The molecule has 6 nitrogen and oxygen atoms in total. The lowest BCUT2D eigenvalue weighted by molar-refractivity contribution is -0.137. The number of aliphatic carboxylic acids is 1. The van der Waals surface area contributed by atoms with E-state index in [1.807, 2.05) is 65.4 Å². The minimum Gasteiger partial charge on any atom is -0.481 e. The van der Waals surface area contributed by atoms with Crippen molar-refractivity contribution in [2.24, 2.45) is 0 Å². The molecule has 1 heterocycles. The molecule has 1 aromatic heterocycles. The van der Waals surface area contributed by atoms with E-state index in [-0.39, 0.29) is 24.9 Å². The number of carbonyl (C=O) groups is 2. The van der Waals surface area contributed by atoms with E-state index < -0.39 is 5.97 Å². The summed E-state index contributed by atoms with van der Waals surface area (Å²) < 4.78 is 1.93. The molecule has 0 aliphatic rings. The number of para-hydroxylation sites is 2. The lowest BCUT2D eigenvalue weighted by atomic mass is 10.0. The van der Waals surface area contributed by atoms with Crippen molar-refractivity contribution in [3.05, 3.63) is 66.0 Å². The SMILES string of the molecule is CSCc1nc2ccccc2n1CC(=O)NC(CCC(=O)O)c1ccccc1. The summed E-state index contributed by atoms with van der Waals surface area (Å²) in [5.41, 5.74) is 2.69. The highest BCUT2D eigenvalue weighted by Gasteiger charge is 2.18. The van der Waals surface area contributed by atoms with Gasteiger partial charge in [-0.15, -0.1) is 0 Å². The van der Waals surface area contributed by atoms with Crippen LogP contribution in [0.25, 0.3) is 11.0 Å². The molecule has 7 heteroatoms. The maximum atomic E-state index is 12.8. The smallest absolute Gasteiger partial charge is 0.303 e. The summed E-state index contributed by atoms with van der Waals surface area (Å²) in [6.07, 6.45) is 2.33. The van der Waals surface area contributed by atoms with Gasteiger partial charge in [0.1, 0.15) is 12.4 Å². The van der Waals surface area contributed by atoms with Crippen molar-refractivity contribution in [2.45, 2.75) is 31.2 Å². The van der Waals surface area contributed by atoms with Gasteiger partial charge >= 0.3 is 5.97 Å². The van der Waals surface area contributed by atoms with Gasteiger partial charge in [0.2, 0.25) is 5.91 Å². The molecule has 2 N–H and O–H groups in total. The summed E-state index contributed by atoms with van der Waals surface area (Å²) >= 11 is 1.65. The second-order valence-corrected chi connectivity index (χ2v) is 7.37. The minimum atomic E-state index is -0.877. The first-order valence-corrected chi connectivity index (χ1v) is 10.5. The Kier molecular flexibility index (Phi) is 6.71. The van der Waals surface area contributed by atoms with Crippen molar-refractivity contribution in [3.63, 3.8) is 0 Å². The molecular weight excluding hydrogens is 374 g/mol. The fourth-order valence-electron chi connectivity index (χ4n) is 3.20. The predicted octanol–water partition coefficient (Wildman–Crippen LogP) is 3.62. The predicted molar refractivity (Wildman–Crippen MR) is 111 cm³/mol. The third-order valence-electron chi connectivity index (χ3n) is 4.49. The Labute approximate surface area is 168 Å². The third kappa shape index (κ3) is 4.92. The lowest BCUT2D eigenvalue weighted by Gasteiger charge is -2.19. The quantitative estimate of drug-likeness (QED) is 0.576. The van der Waals surface area contributed by atoms with Crippen LogP contribution in [-0.2, 0) is 21.9 Å². The van der Waals surface area contributed by atoms with E-state index in [1.165, 1.54) is 0 Å². The van der Waals surface area contributed by atoms with Crippen molar-refractivity contribution in [3.8, 4) is 0 Å². The van der Waals surface area contributed by atoms with E-state index in [4.69, 9.17) is 5.11 Å². The summed E-state index contributed by atoms with van der Waals surface area (Å²) in [7, 11) is 0. The number of aromatic nitrogens is 2. The molecule has 0 aliphatic heterocycles. The summed E-state index contributed by atoms with van der Waals surface area (Å²) in [5, 5.41) is 12.0. The van der Waals surface area contributed by atoms with Crippen LogP contribution in [0.3, 0.4) is 0 Å². The molecule has 1 unspecified atom stereocenters. The first kappa shape index (κ1) is 19.9. The van der Waals surface area contributed by atoms with Crippen molar-refractivity contribution in [1.82, 2.24) is 14.9 Å². The number of benzene rings is 2. The van der Waals surface area contributed by atoms with Gasteiger partial charge in [-0.3, -0.25) is 9.59 Å². The molecule has 0 aliphatic carbocycles. The van der Waals surface area contributed by atoms with Crippen molar-refractivity contribution in [1.29, 1.82) is 0 Å². The van der Waals surface area contributed by atoms with Crippen LogP contribution in [0.2, 0.25) is 0 Å². The van der Waals surface area contributed by atoms with E-state index >= 15 is 0 Å². The first-order valence-electron chi connectivity index (χ1n) is 9.07. The van der Waals surface area contributed by atoms with Gasteiger partial charge in [-0.25, -0.2) is 4.98 Å². The fourth-order valence-corrected chi connectivity index (χ4v) is 3.68. The largest absolute Gasteiger partial charge is 0.481 e. The first-order chi connectivity index (χ1) is 13.6. The number of carboxylic acids is 1. The summed E-state index contributed by atoms with van der Waals surface area (Å²) in [4.78, 5) is 28.5. The number of carboxylic acid groups (broad SMARTS) is 1. The molecule has 0 spiro atoms. The Bertz CT molecular complexity index is 956. The standard InChI is InChI=1S/C21H23N3O3S/c1-28-14-19-22-17-9-5-6-10-18(17)24(19)13-20(25)23-16(11-12-21(26)27)15-7-3-2-4-8-15/h2-10,16H,11-14H2,1H3,(H,23,25)(H,26,27). The number of amides is 1. The van der Waals surface area contributed by atoms with E-state index in [0.29, 0.717) is 12.2 Å². The maximum absolute atomic E-state index is 12.8. The van der Waals surface area contributed by atoms with Gasteiger partial charge in [0.05, 0.1) is 22.8 Å². The lowest BCUT2D eigenvalue weighted by Crippen LogP contribution is -2.32. The molecule has 0 radical (unpaired) electrons. The number of hydrogen-bond acceptors (Lipinski definition) is 4. The molecule has 0 fully saturated rings. The molecule has 0 saturated heterocycles. The number of nitrogens with zero attached hydrogens (tertiary/aromatic N) is 2. The van der Waals surface area contributed by atoms with Gasteiger partial charge in [0.25, 0.3) is 0 Å². The third-order valence-corrected chi connectivity index (χ3v) is 5.04. The summed E-state index contributed by atoms with van der Waals surface area (Å²) in [6, 6.07) is 16.9. The molecule has 3 aromatic rings. The van der Waals surface area contributed by atoms with Crippen LogP contribution < -0.4 is 5.32 Å². The highest BCUT2D eigenvalue weighted by molar-refractivity contribution is 7.97. The summed E-state index contributed by atoms with van der Waals surface area (Å²) in [6.45, 7) is 0.146. The zero-order valence-electron chi connectivity index (χ0n) is 15.7. The highest BCUT2D eigenvalue weighted by Crippen LogP contribution is 2.21. The Hall–Kier alpha value is -2.80. The normalized spacial score (nSPS) is 12.0. The van der Waals surface area contributed by atoms with Gasteiger partial charge in [-0.2, -0.15) is 11.8 Å². The Balaban J connectivity index is 1.80. The molecule has 146 valence electrons. The second-order valence-electron chi connectivity index (χ2n) is 6.50. The average molecular weight is 398 g/mol. The van der Waals surface area contributed by atoms with Crippen molar-refractivity contribution < 1.29 is 14.7 Å². The Morgan fingerprint density at radius 1 is 1.14 bits per heavy atom. The number of carbonyl (C=O) groups excluding carboxylic acids is 1. The van der Waals surface area contributed by atoms with Gasteiger partial charge < -0.3 is 15.0 Å². The van der Waals surface area contributed by atoms with Crippen LogP contribution in [0.4, 0.5) is 0 Å². The minimum absolute atomic E-state index is 0.00836. The van der Waals surface area contributed by atoms with Gasteiger partial charge in [0.15, 0.2) is 0 Å². The number of thioether (sulfide) groups is 1. The molecule has 1 atom stereocenters. The van der Waals surface area contributed by atoms with E-state index in [0.717, 1.165) is 22.4 Å². The maximum Gasteiger partial charge on any atom is 0.303 e. The van der Waals surface area contributed by atoms with E-state index in [2.05, 4.69) is 10.3 Å². The molecule has 3 rings (SSSR count). The van der Waals surface area contributed by atoms with Crippen LogP contribution in [0.5, 0.6) is 0 Å². The molecule has 0 bridgehead atoms. The van der Waals surface area contributed by atoms with Gasteiger partial charge in [-0.1, -0.05) is 42.5 Å². The number of hydrogen-bond donors (Lipinski definition) is 2. The zero-order chi connectivity index (χ0) is 19.9. The Morgan fingerprint density at radius 2 is 1.86 bits per heavy atom. The summed E-state index contributed by atoms with van der Waals surface area (Å²) in [5.74, 6) is 0.525. The van der Waals surface area contributed by atoms with Crippen molar-refractivity contribution in [2.75, 3.05) is 6.26 Å². The molecular formula is C21H23N3O3S. The number of nitrogens with one attached hydrogen (secondary N) is 1. The van der Waals surface area contributed by atoms with Crippen LogP contribution in [-0.4, -0.2) is 32.8 Å². The fraction of sp³-hybridized carbons (Fsp3) is 0.286. The van der Waals surface area contributed by atoms with E-state index in [9.17, 15) is 9.59 Å². The molecule has 1 amide bonds. The molecule has 0 saturated carbocycles. The second kappa shape index (κ2) is 9.41. The molecule has 28 heavy (non-hydrogen) atoms. The van der Waals surface area contributed by atoms with Crippen LogP contribution in [0.15, 0.2) is 54.6 Å². The number of rotatable bonds is 9. The van der Waals surface area contributed by atoms with Gasteiger partial charge in [0, 0.05) is 6.42 Å². The van der Waals surface area contributed by atoms with Crippen molar-refractivity contribution >= 4 is 34.7 Å². The van der Waals surface area contributed by atoms with Crippen LogP contribution >= 0.6 is 11.8 Å². The monoisotopic (exact) mass is 397 g/mol. The van der Waals surface area contributed by atoms with Gasteiger partial charge in [-0.05, 0) is 30.4 Å². The average Bonchev–Trinajstić information content (AvgIpc) is 3.03. The van der Waals surface area contributed by atoms with E-state index in [1.54, 1.807) is 11.8 Å². The highest BCUT2D eigenvalue weighted by atomic mass is 32.2. The topological polar surface area (TPSA) is 84.2 Å². The van der Waals surface area contributed by atoms with Crippen LogP contribution in [0.1, 0.15) is 30.3 Å². The Morgan fingerprint density at radius 3 is 2.57 bits per heavy atom. The molecule has 2 aromatic carbocycles. The number of imidazole rings is 1. The number of fused-ring (bicyclic) bond motifs is 1. The zero-order valence-corrected chi connectivity index (χ0v) is 16.5.